The molecule has 2 heterocycles. The molecule has 0 atom stereocenters. The molecule has 0 saturated carbocycles. The van der Waals surface area contributed by atoms with Crippen molar-refractivity contribution in [1.29, 1.82) is 0 Å². The lowest BCUT2D eigenvalue weighted by Crippen LogP contribution is -2.31. The second-order valence-corrected chi connectivity index (χ2v) is 5.50. The van der Waals surface area contributed by atoms with Gasteiger partial charge in [0, 0.05) is 26.7 Å². The first-order valence-electron chi connectivity index (χ1n) is 7.53. The number of piperidine rings is 1. The third-order valence-corrected chi connectivity index (χ3v) is 3.83. The van der Waals surface area contributed by atoms with Gasteiger partial charge in [-0.1, -0.05) is 30.3 Å². The average molecular weight is 283 g/mol. The summed E-state index contributed by atoms with van der Waals surface area (Å²) in [6.45, 7) is 2.89. The van der Waals surface area contributed by atoms with Gasteiger partial charge in [-0.15, -0.1) is 5.10 Å². The Bertz CT molecular complexity index is 566. The van der Waals surface area contributed by atoms with Gasteiger partial charge >= 0.3 is 0 Å². The van der Waals surface area contributed by atoms with Gasteiger partial charge in [0.15, 0.2) is 5.82 Å². The van der Waals surface area contributed by atoms with Crippen LogP contribution in [0.1, 0.15) is 24.8 Å². The fourth-order valence-corrected chi connectivity index (χ4v) is 2.64. The summed E-state index contributed by atoms with van der Waals surface area (Å²) in [6.07, 6.45) is 5.47. The number of rotatable bonds is 4. The molecule has 0 radical (unpaired) electrons. The molecule has 21 heavy (non-hydrogen) atoms. The van der Waals surface area contributed by atoms with Crippen LogP contribution in [-0.2, 0) is 6.54 Å². The molecule has 1 aliphatic heterocycles. The smallest absolute Gasteiger partial charge is 0.247 e. The molecular weight excluding hydrogens is 262 g/mol. The SMILES string of the molecule is CN(Cc1ccccc1)c1cnnc(N2CCCCC2)n1. The molecule has 1 fully saturated rings. The maximum Gasteiger partial charge on any atom is 0.247 e. The van der Waals surface area contributed by atoms with E-state index in [1.54, 1.807) is 6.20 Å². The molecule has 2 aromatic rings. The molecule has 5 heteroatoms. The summed E-state index contributed by atoms with van der Waals surface area (Å²) in [5.74, 6) is 1.63. The number of anilines is 2. The summed E-state index contributed by atoms with van der Waals surface area (Å²) < 4.78 is 0. The largest absolute Gasteiger partial charge is 0.354 e. The van der Waals surface area contributed by atoms with Crippen LogP contribution in [0.25, 0.3) is 0 Å². The van der Waals surface area contributed by atoms with Crippen LogP contribution in [0.3, 0.4) is 0 Å². The van der Waals surface area contributed by atoms with Crippen molar-refractivity contribution in [2.45, 2.75) is 25.8 Å². The first kappa shape index (κ1) is 13.8. The summed E-state index contributed by atoms with van der Waals surface area (Å²) in [5, 5.41) is 8.32. The summed E-state index contributed by atoms with van der Waals surface area (Å²) in [7, 11) is 2.04. The van der Waals surface area contributed by atoms with E-state index in [1.165, 1.54) is 24.8 Å². The molecule has 0 unspecified atom stereocenters. The topological polar surface area (TPSA) is 45.2 Å². The Morgan fingerprint density at radius 2 is 1.86 bits per heavy atom. The van der Waals surface area contributed by atoms with Gasteiger partial charge in [-0.05, 0) is 24.8 Å². The van der Waals surface area contributed by atoms with E-state index in [1.807, 2.05) is 13.1 Å². The zero-order chi connectivity index (χ0) is 14.5. The van der Waals surface area contributed by atoms with Crippen LogP contribution in [0.2, 0.25) is 0 Å². The summed E-state index contributed by atoms with van der Waals surface area (Å²) >= 11 is 0. The number of hydrogen-bond acceptors (Lipinski definition) is 5. The maximum atomic E-state index is 4.67. The van der Waals surface area contributed by atoms with Crippen molar-refractivity contribution >= 4 is 11.8 Å². The van der Waals surface area contributed by atoms with Gasteiger partial charge in [-0.2, -0.15) is 10.1 Å². The van der Waals surface area contributed by atoms with Gasteiger partial charge in [0.05, 0.1) is 6.20 Å². The van der Waals surface area contributed by atoms with Gasteiger partial charge in [-0.25, -0.2) is 0 Å². The molecular formula is C16H21N5. The van der Waals surface area contributed by atoms with Gasteiger partial charge in [0.1, 0.15) is 0 Å². The molecule has 3 rings (SSSR count). The Hall–Kier alpha value is -2.17. The minimum Gasteiger partial charge on any atom is -0.354 e. The normalized spacial score (nSPS) is 15.0. The minimum absolute atomic E-state index is 0.757. The van der Waals surface area contributed by atoms with E-state index < -0.39 is 0 Å². The average Bonchev–Trinajstić information content (AvgIpc) is 2.57. The quantitative estimate of drug-likeness (QED) is 0.862. The molecule has 0 bridgehead atoms. The molecule has 1 saturated heterocycles. The second-order valence-electron chi connectivity index (χ2n) is 5.50. The monoisotopic (exact) mass is 283 g/mol. The van der Waals surface area contributed by atoms with E-state index in [0.717, 1.165) is 31.4 Å². The second kappa shape index (κ2) is 6.52. The Kier molecular flexibility index (Phi) is 4.28. The zero-order valence-electron chi connectivity index (χ0n) is 12.4. The van der Waals surface area contributed by atoms with E-state index in [4.69, 9.17) is 0 Å². The van der Waals surface area contributed by atoms with Crippen LogP contribution in [-0.4, -0.2) is 35.3 Å². The van der Waals surface area contributed by atoms with Crippen molar-refractivity contribution in [3.63, 3.8) is 0 Å². The molecule has 0 N–H and O–H groups in total. The van der Waals surface area contributed by atoms with E-state index >= 15 is 0 Å². The number of benzene rings is 1. The fourth-order valence-electron chi connectivity index (χ4n) is 2.64. The Morgan fingerprint density at radius 1 is 1.10 bits per heavy atom. The van der Waals surface area contributed by atoms with Crippen LogP contribution in [0.4, 0.5) is 11.8 Å². The molecule has 5 nitrogen and oxygen atoms in total. The highest BCUT2D eigenvalue weighted by atomic mass is 15.3. The maximum absolute atomic E-state index is 4.67. The highest BCUT2D eigenvalue weighted by Crippen LogP contribution is 2.18. The lowest BCUT2D eigenvalue weighted by atomic mass is 10.1. The van der Waals surface area contributed by atoms with Crippen LogP contribution >= 0.6 is 0 Å². The lowest BCUT2D eigenvalue weighted by molar-refractivity contribution is 0.565. The Labute approximate surface area is 125 Å². The van der Waals surface area contributed by atoms with Gasteiger partial charge in [0.25, 0.3) is 0 Å². The number of hydrogen-bond donors (Lipinski definition) is 0. The summed E-state index contributed by atoms with van der Waals surface area (Å²) in [5.41, 5.74) is 1.26. The van der Waals surface area contributed by atoms with Gasteiger partial charge in [0.2, 0.25) is 5.95 Å². The standard InChI is InChI=1S/C16H21N5/c1-20(13-14-8-4-2-5-9-14)15-12-17-19-16(18-15)21-10-6-3-7-11-21/h2,4-5,8-9,12H,3,6-7,10-11,13H2,1H3. The Morgan fingerprint density at radius 3 is 2.62 bits per heavy atom. The van der Waals surface area contributed by atoms with Gasteiger partial charge < -0.3 is 9.80 Å². The van der Waals surface area contributed by atoms with Crippen LogP contribution in [0, 0.1) is 0 Å². The molecule has 110 valence electrons. The predicted molar refractivity (Wildman–Crippen MR) is 84.4 cm³/mol. The van der Waals surface area contributed by atoms with Crippen molar-refractivity contribution in [3.05, 3.63) is 42.1 Å². The van der Waals surface area contributed by atoms with Crippen LogP contribution in [0.5, 0.6) is 0 Å². The van der Waals surface area contributed by atoms with Crippen LogP contribution in [0.15, 0.2) is 36.5 Å². The summed E-state index contributed by atoms with van der Waals surface area (Å²) in [4.78, 5) is 9.01. The van der Waals surface area contributed by atoms with Crippen molar-refractivity contribution in [2.24, 2.45) is 0 Å². The zero-order valence-corrected chi connectivity index (χ0v) is 12.4. The van der Waals surface area contributed by atoms with Crippen molar-refractivity contribution in [2.75, 3.05) is 29.9 Å². The summed E-state index contributed by atoms with van der Waals surface area (Å²) in [6, 6.07) is 10.4. The first-order chi connectivity index (χ1) is 10.3. The van der Waals surface area contributed by atoms with E-state index in [2.05, 4.69) is 49.2 Å². The van der Waals surface area contributed by atoms with E-state index in [9.17, 15) is 0 Å². The third-order valence-electron chi connectivity index (χ3n) is 3.83. The molecule has 1 aliphatic rings. The molecule has 1 aromatic carbocycles. The lowest BCUT2D eigenvalue weighted by Gasteiger charge is -2.27. The predicted octanol–water partition coefficient (Wildman–Crippen LogP) is 2.50. The van der Waals surface area contributed by atoms with E-state index in [-0.39, 0.29) is 0 Å². The number of aromatic nitrogens is 3. The van der Waals surface area contributed by atoms with E-state index in [0.29, 0.717) is 0 Å². The highest BCUT2D eigenvalue weighted by molar-refractivity contribution is 5.41. The molecule has 0 amide bonds. The third kappa shape index (κ3) is 3.48. The molecule has 1 aromatic heterocycles. The molecule has 0 spiro atoms. The van der Waals surface area contributed by atoms with Crippen LogP contribution < -0.4 is 9.80 Å². The van der Waals surface area contributed by atoms with Crippen molar-refractivity contribution in [1.82, 2.24) is 15.2 Å². The van der Waals surface area contributed by atoms with Gasteiger partial charge in [-0.3, -0.25) is 0 Å². The van der Waals surface area contributed by atoms with Crippen molar-refractivity contribution in [3.8, 4) is 0 Å². The first-order valence-corrected chi connectivity index (χ1v) is 7.53. The molecule has 0 aliphatic carbocycles. The minimum atomic E-state index is 0.757. The number of nitrogens with zero attached hydrogens (tertiary/aromatic N) is 5. The van der Waals surface area contributed by atoms with Crippen molar-refractivity contribution < 1.29 is 0 Å². The Balaban J connectivity index is 1.72. The fraction of sp³-hybridized carbons (Fsp3) is 0.438. The highest BCUT2D eigenvalue weighted by Gasteiger charge is 2.15.